The number of nitrogens with zero attached hydrogens (tertiary/aromatic N) is 7. The van der Waals surface area contributed by atoms with Crippen molar-refractivity contribution >= 4 is 22.7 Å². The molecule has 0 unspecified atom stereocenters. The molecule has 1 N–H and O–H groups in total. The number of aromatic nitrogens is 7. The number of hydrogen-bond donors (Lipinski definition) is 1. The van der Waals surface area contributed by atoms with Gasteiger partial charge in [-0.25, -0.2) is 4.98 Å². The molecule has 0 aliphatic rings. The molecule has 0 radical (unpaired) electrons. The van der Waals surface area contributed by atoms with E-state index in [-0.39, 0.29) is 0 Å². The molecule has 8 nitrogen and oxygen atoms in total. The molecule has 0 bridgehead atoms. The van der Waals surface area contributed by atoms with Crippen molar-refractivity contribution in [1.29, 1.82) is 0 Å². The fourth-order valence-electron chi connectivity index (χ4n) is 3.63. The number of rotatable bonds is 5. The number of anilines is 2. The Kier molecular flexibility index (Phi) is 5.26. The maximum atomic E-state index is 4.77. The first-order valence-corrected chi connectivity index (χ1v) is 10.8. The van der Waals surface area contributed by atoms with E-state index >= 15 is 0 Å². The minimum absolute atomic E-state index is 0.370. The highest BCUT2D eigenvalue weighted by Gasteiger charge is 2.14. The largest absolute Gasteiger partial charge is 0.323 e. The van der Waals surface area contributed by atoms with Crippen LogP contribution in [0.25, 0.3) is 33.4 Å². The lowest BCUT2D eigenvalue weighted by atomic mass is 10.0. The molecule has 33 heavy (non-hydrogen) atoms. The molecule has 0 atom stereocenters. The lowest BCUT2D eigenvalue weighted by molar-refractivity contribution is 0.771. The monoisotopic (exact) mass is 436 g/mol. The van der Waals surface area contributed by atoms with Crippen molar-refractivity contribution in [2.75, 3.05) is 5.32 Å². The number of aryl methyl sites for hydroxylation is 2. The SMILES string of the molecule is Cc1ccc(-c2nn(C)cc2-c2cnc3ccc(Nc4cc(C(C)C)cnn4)nc3c2)cn1. The summed E-state index contributed by atoms with van der Waals surface area (Å²) in [6, 6.07) is 11.9. The fourth-order valence-corrected chi connectivity index (χ4v) is 3.63. The van der Waals surface area contributed by atoms with Crippen molar-refractivity contribution in [3.63, 3.8) is 0 Å². The second kappa shape index (κ2) is 8.38. The van der Waals surface area contributed by atoms with Gasteiger partial charge in [0.1, 0.15) is 11.5 Å². The van der Waals surface area contributed by atoms with Gasteiger partial charge in [0.2, 0.25) is 0 Å². The van der Waals surface area contributed by atoms with Gasteiger partial charge in [-0.2, -0.15) is 10.2 Å². The third kappa shape index (κ3) is 4.27. The van der Waals surface area contributed by atoms with Gasteiger partial charge in [0.15, 0.2) is 5.82 Å². The zero-order chi connectivity index (χ0) is 22.9. The molecule has 0 aliphatic heterocycles. The van der Waals surface area contributed by atoms with E-state index in [2.05, 4.69) is 44.4 Å². The van der Waals surface area contributed by atoms with Crippen LogP contribution >= 0.6 is 0 Å². The lowest BCUT2D eigenvalue weighted by Crippen LogP contribution is -2.00. The van der Waals surface area contributed by atoms with E-state index in [1.54, 1.807) is 10.9 Å². The molecule has 8 heteroatoms. The molecule has 5 aromatic heterocycles. The average molecular weight is 437 g/mol. The summed E-state index contributed by atoms with van der Waals surface area (Å²) in [6.45, 7) is 6.22. The van der Waals surface area contributed by atoms with Gasteiger partial charge in [-0.05, 0) is 54.8 Å². The summed E-state index contributed by atoms with van der Waals surface area (Å²) in [5.74, 6) is 1.72. The van der Waals surface area contributed by atoms with Crippen molar-refractivity contribution in [3.8, 4) is 22.4 Å². The summed E-state index contributed by atoms with van der Waals surface area (Å²) < 4.78 is 1.81. The van der Waals surface area contributed by atoms with E-state index in [1.807, 2.05) is 69.0 Å². The van der Waals surface area contributed by atoms with Crippen molar-refractivity contribution in [3.05, 3.63) is 72.4 Å². The topological polar surface area (TPSA) is 94.3 Å². The fraction of sp³-hybridized carbons (Fsp3) is 0.200. The Labute approximate surface area is 191 Å². The van der Waals surface area contributed by atoms with Crippen molar-refractivity contribution in [2.24, 2.45) is 7.05 Å². The quantitative estimate of drug-likeness (QED) is 0.411. The van der Waals surface area contributed by atoms with Crippen LogP contribution in [0.1, 0.15) is 31.0 Å². The van der Waals surface area contributed by atoms with E-state index in [1.165, 1.54) is 0 Å². The standard InChI is InChI=1S/C25H24N8/c1-15(2)18-10-24(31-28-13-18)30-23-8-7-21-22(29-23)9-19(12-27-21)20-14-33(4)32-25(20)17-6-5-16(3)26-11-17/h5-15H,1-4H3,(H,29,30,31). The van der Waals surface area contributed by atoms with E-state index in [0.29, 0.717) is 17.6 Å². The summed E-state index contributed by atoms with van der Waals surface area (Å²) in [5.41, 5.74) is 7.43. The van der Waals surface area contributed by atoms with Crippen LogP contribution in [0.5, 0.6) is 0 Å². The van der Waals surface area contributed by atoms with Crippen molar-refractivity contribution < 1.29 is 0 Å². The number of hydrogen-bond acceptors (Lipinski definition) is 7. The van der Waals surface area contributed by atoms with Crippen LogP contribution in [0.15, 0.2) is 61.2 Å². The van der Waals surface area contributed by atoms with Crippen LogP contribution in [-0.4, -0.2) is 34.9 Å². The predicted octanol–water partition coefficient (Wildman–Crippen LogP) is 5.06. The van der Waals surface area contributed by atoms with Gasteiger partial charge in [-0.15, -0.1) is 5.10 Å². The summed E-state index contributed by atoms with van der Waals surface area (Å²) in [4.78, 5) is 13.8. The molecule has 0 aliphatic carbocycles. The third-order valence-corrected chi connectivity index (χ3v) is 5.46. The molecule has 0 fully saturated rings. The molecule has 164 valence electrons. The second-order valence-corrected chi connectivity index (χ2v) is 8.37. The Balaban J connectivity index is 1.52. The van der Waals surface area contributed by atoms with Crippen LogP contribution < -0.4 is 5.32 Å². The Morgan fingerprint density at radius 2 is 1.73 bits per heavy atom. The molecule has 5 heterocycles. The molecule has 5 rings (SSSR count). The second-order valence-electron chi connectivity index (χ2n) is 8.37. The number of fused-ring (bicyclic) bond motifs is 1. The minimum Gasteiger partial charge on any atom is -0.323 e. The molecule has 0 aromatic carbocycles. The van der Waals surface area contributed by atoms with E-state index in [4.69, 9.17) is 4.98 Å². The van der Waals surface area contributed by atoms with E-state index in [0.717, 1.165) is 44.7 Å². The smallest absolute Gasteiger partial charge is 0.154 e. The van der Waals surface area contributed by atoms with Crippen LogP contribution in [0.4, 0.5) is 11.6 Å². The minimum atomic E-state index is 0.370. The van der Waals surface area contributed by atoms with E-state index in [9.17, 15) is 0 Å². The molecule has 0 saturated heterocycles. The van der Waals surface area contributed by atoms with Gasteiger partial charge < -0.3 is 5.32 Å². The van der Waals surface area contributed by atoms with Crippen LogP contribution in [0.3, 0.4) is 0 Å². The molecular weight excluding hydrogens is 412 g/mol. The van der Waals surface area contributed by atoms with Gasteiger partial charge in [-0.1, -0.05) is 13.8 Å². The van der Waals surface area contributed by atoms with Crippen molar-refractivity contribution in [2.45, 2.75) is 26.7 Å². The predicted molar refractivity (Wildman–Crippen MR) is 129 cm³/mol. The zero-order valence-electron chi connectivity index (χ0n) is 19.0. The molecule has 0 saturated carbocycles. The van der Waals surface area contributed by atoms with Crippen LogP contribution in [0.2, 0.25) is 0 Å². The molecule has 0 amide bonds. The molecule has 0 spiro atoms. The van der Waals surface area contributed by atoms with Gasteiger partial charge >= 0.3 is 0 Å². The molecule has 5 aromatic rings. The highest BCUT2D eigenvalue weighted by atomic mass is 15.3. The normalized spacial score (nSPS) is 11.3. The first kappa shape index (κ1) is 20.7. The lowest BCUT2D eigenvalue weighted by Gasteiger charge is -2.09. The Morgan fingerprint density at radius 1 is 0.879 bits per heavy atom. The Hall–Kier alpha value is -4.20. The van der Waals surface area contributed by atoms with Gasteiger partial charge in [0.05, 0.1) is 17.2 Å². The summed E-state index contributed by atoms with van der Waals surface area (Å²) in [7, 11) is 1.91. The number of nitrogens with one attached hydrogen (secondary N) is 1. The van der Waals surface area contributed by atoms with Crippen LogP contribution in [-0.2, 0) is 7.05 Å². The first-order valence-electron chi connectivity index (χ1n) is 10.8. The summed E-state index contributed by atoms with van der Waals surface area (Å²) in [5, 5.41) is 16.2. The van der Waals surface area contributed by atoms with Crippen molar-refractivity contribution in [1.82, 2.24) is 34.9 Å². The molecular formula is C25H24N8. The average Bonchev–Trinajstić information content (AvgIpc) is 3.21. The first-order chi connectivity index (χ1) is 16.0. The van der Waals surface area contributed by atoms with E-state index < -0.39 is 0 Å². The Morgan fingerprint density at radius 3 is 2.52 bits per heavy atom. The number of pyridine rings is 3. The van der Waals surface area contributed by atoms with Gasteiger partial charge in [0.25, 0.3) is 0 Å². The Bertz CT molecular complexity index is 1440. The summed E-state index contributed by atoms with van der Waals surface area (Å²) >= 11 is 0. The maximum Gasteiger partial charge on any atom is 0.154 e. The highest BCUT2D eigenvalue weighted by molar-refractivity contribution is 5.86. The zero-order valence-corrected chi connectivity index (χ0v) is 19.0. The van der Waals surface area contributed by atoms with Crippen LogP contribution in [0, 0.1) is 6.92 Å². The van der Waals surface area contributed by atoms with Gasteiger partial charge in [-0.3, -0.25) is 14.6 Å². The maximum absolute atomic E-state index is 4.77. The third-order valence-electron chi connectivity index (χ3n) is 5.46. The van der Waals surface area contributed by atoms with Gasteiger partial charge in [0, 0.05) is 48.0 Å². The summed E-state index contributed by atoms with van der Waals surface area (Å²) in [6.07, 6.45) is 7.49. The highest BCUT2D eigenvalue weighted by Crippen LogP contribution is 2.31.